The quantitative estimate of drug-likeness (QED) is 0.727. The zero-order valence-electron chi connectivity index (χ0n) is 14.8. The molecule has 4 rings (SSSR count). The van der Waals surface area contributed by atoms with E-state index in [2.05, 4.69) is 26.0 Å². The number of allylic oxidation sites excluding steroid dienone is 3. The molecule has 4 aliphatic carbocycles. The highest BCUT2D eigenvalue weighted by molar-refractivity contribution is 5.80. The first kappa shape index (κ1) is 15.6. The summed E-state index contributed by atoms with van der Waals surface area (Å²) in [6.07, 6.45) is 12.2. The van der Waals surface area contributed by atoms with Crippen molar-refractivity contribution in [2.24, 2.45) is 28.6 Å². The van der Waals surface area contributed by atoms with Crippen molar-refractivity contribution < 1.29 is 9.90 Å². The van der Waals surface area contributed by atoms with E-state index in [-0.39, 0.29) is 22.9 Å². The number of fused-ring (bicyclic) bond motifs is 5. The minimum Gasteiger partial charge on any atom is -0.393 e. The predicted molar refractivity (Wildman–Crippen MR) is 91.9 cm³/mol. The Morgan fingerprint density at radius 2 is 1.87 bits per heavy atom. The van der Waals surface area contributed by atoms with Gasteiger partial charge in [0, 0.05) is 5.92 Å². The highest BCUT2D eigenvalue weighted by Crippen LogP contribution is 2.64. The number of hydrogen-bond donors (Lipinski definition) is 1. The maximum atomic E-state index is 12.1. The van der Waals surface area contributed by atoms with Crippen molar-refractivity contribution >= 4 is 5.78 Å². The maximum Gasteiger partial charge on any atom is 0.134 e. The Labute approximate surface area is 140 Å². The smallest absolute Gasteiger partial charge is 0.134 e. The second-order valence-corrected chi connectivity index (χ2v) is 9.01. The van der Waals surface area contributed by atoms with Gasteiger partial charge in [-0.2, -0.15) is 0 Å². The van der Waals surface area contributed by atoms with Crippen LogP contribution in [0.5, 0.6) is 0 Å². The lowest BCUT2D eigenvalue weighted by molar-refractivity contribution is -0.124. The van der Waals surface area contributed by atoms with Gasteiger partial charge in [0.2, 0.25) is 0 Å². The summed E-state index contributed by atoms with van der Waals surface area (Å²) < 4.78 is 0. The number of aliphatic hydroxyl groups excluding tert-OH is 1. The molecule has 0 amide bonds. The normalized spacial score (nSPS) is 48.7. The Morgan fingerprint density at radius 3 is 2.61 bits per heavy atom. The van der Waals surface area contributed by atoms with Gasteiger partial charge in [0.05, 0.1) is 6.10 Å². The van der Waals surface area contributed by atoms with Crippen LogP contribution < -0.4 is 0 Å². The zero-order valence-corrected chi connectivity index (χ0v) is 14.8. The van der Waals surface area contributed by atoms with Gasteiger partial charge in [-0.1, -0.05) is 37.1 Å². The topological polar surface area (TPSA) is 37.3 Å². The van der Waals surface area contributed by atoms with E-state index in [9.17, 15) is 9.90 Å². The number of carbonyl (C=O) groups excluding carboxylic acids is 1. The van der Waals surface area contributed by atoms with E-state index in [4.69, 9.17) is 0 Å². The Morgan fingerprint density at radius 1 is 1.13 bits per heavy atom. The average molecular weight is 314 g/mol. The van der Waals surface area contributed by atoms with Gasteiger partial charge in [0.25, 0.3) is 0 Å². The van der Waals surface area contributed by atoms with Crippen LogP contribution in [-0.4, -0.2) is 17.0 Å². The maximum absolute atomic E-state index is 12.1. The first-order valence-corrected chi connectivity index (χ1v) is 9.45. The fraction of sp³-hybridized carbons (Fsp3) is 0.762. The van der Waals surface area contributed by atoms with E-state index in [1.54, 1.807) is 12.5 Å². The van der Waals surface area contributed by atoms with Crippen molar-refractivity contribution in [3.63, 3.8) is 0 Å². The average Bonchev–Trinajstić information content (AvgIpc) is 2.85. The van der Waals surface area contributed by atoms with Gasteiger partial charge in [0.1, 0.15) is 5.78 Å². The van der Waals surface area contributed by atoms with Gasteiger partial charge in [-0.05, 0) is 74.5 Å². The van der Waals surface area contributed by atoms with Crippen molar-refractivity contribution in [3.8, 4) is 0 Å². The molecular formula is C21H30O2. The summed E-state index contributed by atoms with van der Waals surface area (Å²) in [5.41, 5.74) is 3.50. The molecule has 0 unspecified atom stereocenters. The summed E-state index contributed by atoms with van der Waals surface area (Å²) in [5.74, 6) is 1.92. The predicted octanol–water partition coefficient (Wildman–Crippen LogP) is 4.44. The van der Waals surface area contributed by atoms with Crippen LogP contribution in [0, 0.1) is 28.6 Å². The molecule has 2 saturated carbocycles. The molecule has 0 aromatic carbocycles. The van der Waals surface area contributed by atoms with E-state index in [1.165, 1.54) is 12.0 Å². The standard InChI is InChI=1S/C21H30O2/c1-13(22)17-6-7-18-16-5-4-14-12-15(23)8-10-20(14,2)19(16)9-11-21(17,18)3/h4,7,15-17,19,23H,5-6,8-12H2,1-3H3/t15-,16-,17+,19-,20-,21+/m0/s1. The SMILES string of the molecule is CC(=O)[C@H]1CC=C2[C@@H]3CC=C4C[C@@H](O)CC[C@]4(C)[C@H]3CC[C@@]21C. The summed E-state index contributed by atoms with van der Waals surface area (Å²) >= 11 is 0. The Kier molecular flexibility index (Phi) is 3.43. The molecule has 2 fully saturated rings. The summed E-state index contributed by atoms with van der Waals surface area (Å²) in [7, 11) is 0. The molecule has 0 aromatic rings. The molecular weight excluding hydrogens is 284 g/mol. The lowest BCUT2D eigenvalue weighted by Gasteiger charge is -2.56. The molecule has 2 heteroatoms. The lowest BCUT2D eigenvalue weighted by Crippen LogP contribution is -2.48. The molecule has 1 N–H and O–H groups in total. The highest BCUT2D eigenvalue weighted by atomic mass is 16.3. The Bertz CT molecular complexity index is 601. The number of hydrogen-bond acceptors (Lipinski definition) is 2. The van der Waals surface area contributed by atoms with Crippen LogP contribution in [0.2, 0.25) is 0 Å². The van der Waals surface area contributed by atoms with Crippen LogP contribution in [0.25, 0.3) is 0 Å². The summed E-state index contributed by atoms with van der Waals surface area (Å²) in [6.45, 7) is 6.57. The molecule has 23 heavy (non-hydrogen) atoms. The van der Waals surface area contributed by atoms with Gasteiger partial charge < -0.3 is 5.11 Å². The number of rotatable bonds is 1. The number of carbonyl (C=O) groups is 1. The largest absolute Gasteiger partial charge is 0.393 e. The highest BCUT2D eigenvalue weighted by Gasteiger charge is 2.56. The van der Waals surface area contributed by atoms with Crippen LogP contribution >= 0.6 is 0 Å². The molecule has 4 aliphatic rings. The van der Waals surface area contributed by atoms with Crippen LogP contribution in [0.1, 0.15) is 65.7 Å². The molecule has 0 aromatic heterocycles. The first-order valence-electron chi connectivity index (χ1n) is 9.45. The minimum absolute atomic E-state index is 0.114. The van der Waals surface area contributed by atoms with Crippen LogP contribution in [0.4, 0.5) is 0 Å². The van der Waals surface area contributed by atoms with Gasteiger partial charge in [-0.3, -0.25) is 4.79 Å². The summed E-state index contributed by atoms with van der Waals surface area (Å²) in [6, 6.07) is 0. The van der Waals surface area contributed by atoms with E-state index in [0.717, 1.165) is 38.5 Å². The van der Waals surface area contributed by atoms with E-state index in [0.29, 0.717) is 17.6 Å². The molecule has 0 bridgehead atoms. The van der Waals surface area contributed by atoms with Crippen molar-refractivity contribution in [3.05, 3.63) is 23.3 Å². The monoisotopic (exact) mass is 314 g/mol. The summed E-state index contributed by atoms with van der Waals surface area (Å²) in [4.78, 5) is 12.1. The van der Waals surface area contributed by atoms with Gasteiger partial charge in [-0.25, -0.2) is 0 Å². The zero-order chi connectivity index (χ0) is 16.4. The van der Waals surface area contributed by atoms with Crippen molar-refractivity contribution in [1.82, 2.24) is 0 Å². The lowest BCUT2D eigenvalue weighted by atomic mass is 9.48. The molecule has 2 nitrogen and oxygen atoms in total. The molecule has 0 heterocycles. The summed E-state index contributed by atoms with van der Waals surface area (Å²) in [5, 5.41) is 10.1. The fourth-order valence-corrected chi connectivity index (χ4v) is 6.60. The third-order valence-corrected chi connectivity index (χ3v) is 7.98. The molecule has 0 radical (unpaired) electrons. The van der Waals surface area contributed by atoms with E-state index in [1.807, 2.05) is 0 Å². The van der Waals surface area contributed by atoms with E-state index < -0.39 is 0 Å². The number of ketones is 1. The van der Waals surface area contributed by atoms with Crippen molar-refractivity contribution in [2.75, 3.05) is 0 Å². The molecule has 6 atom stereocenters. The molecule has 126 valence electrons. The fourth-order valence-electron chi connectivity index (χ4n) is 6.60. The van der Waals surface area contributed by atoms with Crippen LogP contribution in [0.3, 0.4) is 0 Å². The van der Waals surface area contributed by atoms with Gasteiger partial charge >= 0.3 is 0 Å². The van der Waals surface area contributed by atoms with Gasteiger partial charge in [-0.15, -0.1) is 0 Å². The molecule has 0 saturated heterocycles. The number of Topliss-reactive ketones (excluding diaryl/α,β-unsaturated/α-hetero) is 1. The minimum atomic E-state index is -0.132. The van der Waals surface area contributed by atoms with Gasteiger partial charge in [0.15, 0.2) is 0 Å². The van der Waals surface area contributed by atoms with Crippen LogP contribution in [-0.2, 0) is 4.79 Å². The Hall–Kier alpha value is -0.890. The molecule has 0 spiro atoms. The van der Waals surface area contributed by atoms with Crippen molar-refractivity contribution in [2.45, 2.75) is 71.8 Å². The second kappa shape index (κ2) is 5.05. The Balaban J connectivity index is 1.69. The van der Waals surface area contributed by atoms with Crippen molar-refractivity contribution in [1.29, 1.82) is 0 Å². The second-order valence-electron chi connectivity index (χ2n) is 9.01. The number of aliphatic hydroxyl groups is 1. The molecule has 0 aliphatic heterocycles. The first-order chi connectivity index (χ1) is 10.9. The van der Waals surface area contributed by atoms with Crippen LogP contribution in [0.15, 0.2) is 23.3 Å². The third-order valence-electron chi connectivity index (χ3n) is 7.98. The third kappa shape index (κ3) is 2.06. The van der Waals surface area contributed by atoms with E-state index >= 15 is 0 Å².